The van der Waals surface area contributed by atoms with Gasteiger partial charge in [0, 0.05) is 6.04 Å². The third-order valence-corrected chi connectivity index (χ3v) is 1.87. The molecule has 1 aromatic carbocycles. The standard InChI is InChI=1S/C12H17N/c1-11(13)7-5-6-10-12-8-3-2-4-9-12/h2-6,8-9,11H,7,10,13H2,1H3/b6-5-. The zero-order valence-electron chi connectivity index (χ0n) is 8.11. The summed E-state index contributed by atoms with van der Waals surface area (Å²) in [5.74, 6) is 0. The van der Waals surface area contributed by atoms with Crippen molar-refractivity contribution in [2.75, 3.05) is 0 Å². The minimum atomic E-state index is 0.270. The van der Waals surface area contributed by atoms with E-state index in [1.807, 2.05) is 13.0 Å². The van der Waals surface area contributed by atoms with Crippen LogP contribution in [0.3, 0.4) is 0 Å². The molecule has 70 valence electrons. The van der Waals surface area contributed by atoms with Gasteiger partial charge in [0.1, 0.15) is 0 Å². The van der Waals surface area contributed by atoms with Gasteiger partial charge in [-0.2, -0.15) is 0 Å². The molecule has 0 aromatic heterocycles. The second-order valence-corrected chi connectivity index (χ2v) is 3.37. The molecule has 0 bridgehead atoms. The Hall–Kier alpha value is -1.08. The van der Waals surface area contributed by atoms with Gasteiger partial charge < -0.3 is 5.73 Å². The van der Waals surface area contributed by atoms with Crippen molar-refractivity contribution in [2.45, 2.75) is 25.8 Å². The summed E-state index contributed by atoms with van der Waals surface area (Å²) in [5, 5.41) is 0. The van der Waals surface area contributed by atoms with E-state index in [1.165, 1.54) is 5.56 Å². The second-order valence-electron chi connectivity index (χ2n) is 3.37. The summed E-state index contributed by atoms with van der Waals surface area (Å²) in [4.78, 5) is 0. The van der Waals surface area contributed by atoms with Crippen LogP contribution in [0, 0.1) is 0 Å². The van der Waals surface area contributed by atoms with Crippen molar-refractivity contribution >= 4 is 0 Å². The van der Waals surface area contributed by atoms with E-state index in [1.54, 1.807) is 0 Å². The maximum Gasteiger partial charge on any atom is 0.00450 e. The van der Waals surface area contributed by atoms with E-state index in [9.17, 15) is 0 Å². The first-order valence-corrected chi connectivity index (χ1v) is 4.73. The molecular weight excluding hydrogens is 158 g/mol. The van der Waals surface area contributed by atoms with Crippen LogP contribution in [0.25, 0.3) is 0 Å². The zero-order chi connectivity index (χ0) is 9.52. The van der Waals surface area contributed by atoms with Crippen LogP contribution in [0.2, 0.25) is 0 Å². The van der Waals surface area contributed by atoms with Gasteiger partial charge in [0.25, 0.3) is 0 Å². The van der Waals surface area contributed by atoms with Crippen molar-refractivity contribution in [2.24, 2.45) is 5.73 Å². The van der Waals surface area contributed by atoms with Crippen LogP contribution < -0.4 is 5.73 Å². The van der Waals surface area contributed by atoms with Gasteiger partial charge in [-0.3, -0.25) is 0 Å². The molecule has 1 aromatic rings. The number of rotatable bonds is 4. The number of allylic oxidation sites excluding steroid dienone is 1. The van der Waals surface area contributed by atoms with Gasteiger partial charge in [-0.15, -0.1) is 0 Å². The molecule has 0 heterocycles. The van der Waals surface area contributed by atoms with Crippen molar-refractivity contribution in [3.63, 3.8) is 0 Å². The Morgan fingerprint density at radius 2 is 1.92 bits per heavy atom. The number of nitrogens with two attached hydrogens (primary N) is 1. The predicted octanol–water partition coefficient (Wildman–Crippen LogP) is 2.52. The summed E-state index contributed by atoms with van der Waals surface area (Å²) < 4.78 is 0. The zero-order valence-corrected chi connectivity index (χ0v) is 8.11. The molecule has 1 heteroatoms. The fraction of sp³-hybridized carbons (Fsp3) is 0.333. The molecule has 2 N–H and O–H groups in total. The fourth-order valence-corrected chi connectivity index (χ4v) is 1.14. The Morgan fingerprint density at radius 1 is 1.23 bits per heavy atom. The second kappa shape index (κ2) is 5.55. The van der Waals surface area contributed by atoms with E-state index < -0.39 is 0 Å². The molecule has 0 saturated heterocycles. The molecule has 0 saturated carbocycles. The monoisotopic (exact) mass is 175 g/mol. The van der Waals surface area contributed by atoms with Gasteiger partial charge >= 0.3 is 0 Å². The van der Waals surface area contributed by atoms with E-state index in [2.05, 4.69) is 36.4 Å². The van der Waals surface area contributed by atoms with E-state index in [-0.39, 0.29) is 6.04 Å². The molecule has 1 rings (SSSR count). The quantitative estimate of drug-likeness (QED) is 0.699. The average Bonchev–Trinajstić information content (AvgIpc) is 2.14. The number of hydrogen-bond donors (Lipinski definition) is 1. The van der Waals surface area contributed by atoms with E-state index >= 15 is 0 Å². The Kier molecular flexibility index (Phi) is 4.27. The summed E-state index contributed by atoms with van der Waals surface area (Å²) >= 11 is 0. The van der Waals surface area contributed by atoms with E-state index in [0.717, 1.165) is 12.8 Å². The first kappa shape index (κ1) is 10.0. The minimum absolute atomic E-state index is 0.270. The topological polar surface area (TPSA) is 26.0 Å². The maximum atomic E-state index is 5.62. The highest BCUT2D eigenvalue weighted by molar-refractivity contribution is 5.17. The predicted molar refractivity (Wildman–Crippen MR) is 57.6 cm³/mol. The summed E-state index contributed by atoms with van der Waals surface area (Å²) in [6.07, 6.45) is 6.30. The molecule has 0 aliphatic heterocycles. The summed E-state index contributed by atoms with van der Waals surface area (Å²) in [6.45, 7) is 2.02. The van der Waals surface area contributed by atoms with E-state index in [0.29, 0.717) is 0 Å². The van der Waals surface area contributed by atoms with Crippen molar-refractivity contribution in [3.8, 4) is 0 Å². The fourth-order valence-electron chi connectivity index (χ4n) is 1.14. The smallest absolute Gasteiger partial charge is 0.00450 e. The summed E-state index contributed by atoms with van der Waals surface area (Å²) in [5.41, 5.74) is 6.97. The van der Waals surface area contributed by atoms with Gasteiger partial charge in [0.05, 0.1) is 0 Å². The van der Waals surface area contributed by atoms with Crippen LogP contribution in [0.5, 0.6) is 0 Å². The lowest BCUT2D eigenvalue weighted by atomic mass is 10.1. The van der Waals surface area contributed by atoms with Crippen LogP contribution in [0.1, 0.15) is 18.9 Å². The van der Waals surface area contributed by atoms with Gasteiger partial charge in [-0.05, 0) is 25.3 Å². The van der Waals surface area contributed by atoms with Crippen molar-refractivity contribution in [1.82, 2.24) is 0 Å². The molecule has 0 aliphatic carbocycles. The summed E-state index contributed by atoms with van der Waals surface area (Å²) in [7, 11) is 0. The molecule has 0 amide bonds. The Labute approximate surface area is 80.3 Å². The third-order valence-electron chi connectivity index (χ3n) is 1.87. The molecule has 1 atom stereocenters. The van der Waals surface area contributed by atoms with Crippen LogP contribution in [-0.4, -0.2) is 6.04 Å². The lowest BCUT2D eigenvalue weighted by Crippen LogP contribution is -2.12. The Balaban J connectivity index is 2.31. The molecule has 0 fully saturated rings. The van der Waals surface area contributed by atoms with Crippen LogP contribution in [-0.2, 0) is 6.42 Å². The largest absolute Gasteiger partial charge is 0.328 e. The van der Waals surface area contributed by atoms with Crippen molar-refractivity contribution in [3.05, 3.63) is 48.0 Å². The lowest BCUT2D eigenvalue weighted by molar-refractivity contribution is 0.756. The van der Waals surface area contributed by atoms with Crippen LogP contribution >= 0.6 is 0 Å². The highest BCUT2D eigenvalue weighted by Gasteiger charge is 1.88. The Morgan fingerprint density at radius 3 is 2.54 bits per heavy atom. The molecule has 0 spiro atoms. The average molecular weight is 175 g/mol. The molecular formula is C12H17N. The van der Waals surface area contributed by atoms with E-state index in [4.69, 9.17) is 5.73 Å². The summed E-state index contributed by atoms with van der Waals surface area (Å²) in [6, 6.07) is 10.7. The van der Waals surface area contributed by atoms with Crippen molar-refractivity contribution in [1.29, 1.82) is 0 Å². The molecule has 1 nitrogen and oxygen atoms in total. The molecule has 1 unspecified atom stereocenters. The molecule has 0 radical (unpaired) electrons. The van der Waals surface area contributed by atoms with Gasteiger partial charge in [-0.1, -0.05) is 42.5 Å². The minimum Gasteiger partial charge on any atom is -0.328 e. The highest BCUT2D eigenvalue weighted by atomic mass is 14.6. The van der Waals surface area contributed by atoms with Gasteiger partial charge in [-0.25, -0.2) is 0 Å². The highest BCUT2D eigenvalue weighted by Crippen LogP contribution is 2.00. The van der Waals surface area contributed by atoms with Crippen LogP contribution in [0.15, 0.2) is 42.5 Å². The number of hydrogen-bond acceptors (Lipinski definition) is 1. The molecule has 0 aliphatic rings. The van der Waals surface area contributed by atoms with Gasteiger partial charge in [0.15, 0.2) is 0 Å². The van der Waals surface area contributed by atoms with Crippen LogP contribution in [0.4, 0.5) is 0 Å². The SMILES string of the molecule is CC(N)C/C=C\Cc1ccccc1. The van der Waals surface area contributed by atoms with Crippen molar-refractivity contribution < 1.29 is 0 Å². The first-order valence-electron chi connectivity index (χ1n) is 4.73. The first-order chi connectivity index (χ1) is 6.29. The normalized spacial score (nSPS) is 13.4. The maximum absolute atomic E-state index is 5.62. The Bertz CT molecular complexity index is 249. The third kappa shape index (κ3) is 4.48. The van der Waals surface area contributed by atoms with Gasteiger partial charge in [0.2, 0.25) is 0 Å². The lowest BCUT2D eigenvalue weighted by Gasteiger charge is -1.98. The number of benzene rings is 1. The molecule has 13 heavy (non-hydrogen) atoms.